The molecular formula is C19H30ClN7O6. The predicted molar refractivity (Wildman–Crippen MR) is 121 cm³/mol. The number of nitrogens with two attached hydrogens (primary N) is 1. The summed E-state index contributed by atoms with van der Waals surface area (Å²) in [5.74, 6) is -0.566. The third kappa shape index (κ3) is 10.0. The van der Waals surface area contributed by atoms with Gasteiger partial charge in [-0.2, -0.15) is 0 Å². The van der Waals surface area contributed by atoms with Crippen molar-refractivity contribution in [3.63, 3.8) is 0 Å². The lowest BCUT2D eigenvalue weighted by molar-refractivity contribution is -0.141. The molecule has 13 nitrogen and oxygen atoms in total. The number of nitrogens with one attached hydrogen (secondary N) is 2. The molecule has 0 radical (unpaired) electrons. The molecule has 0 aliphatic carbocycles. The molecule has 0 aliphatic heterocycles. The normalized spacial score (nSPS) is 9.61. The molecular weight excluding hydrogens is 458 g/mol. The number of imidazole rings is 2. The summed E-state index contributed by atoms with van der Waals surface area (Å²) in [5, 5.41) is 5.13. The number of carbonyl (C=O) groups is 4. The van der Waals surface area contributed by atoms with E-state index in [1.807, 2.05) is 6.92 Å². The van der Waals surface area contributed by atoms with Crippen LogP contribution in [0, 0.1) is 6.92 Å². The highest BCUT2D eigenvalue weighted by Gasteiger charge is 2.13. The van der Waals surface area contributed by atoms with Crippen LogP contribution in [0.3, 0.4) is 0 Å². The van der Waals surface area contributed by atoms with Gasteiger partial charge in [0, 0.05) is 39.6 Å². The van der Waals surface area contributed by atoms with Crippen molar-refractivity contribution in [3.05, 3.63) is 29.7 Å². The highest BCUT2D eigenvalue weighted by molar-refractivity contribution is 5.91. The first-order valence-electron chi connectivity index (χ1n) is 9.57. The zero-order chi connectivity index (χ0) is 24.3. The first kappa shape index (κ1) is 29.4. The van der Waals surface area contributed by atoms with Crippen LogP contribution in [0.2, 0.25) is 0 Å². The molecule has 0 unspecified atom stereocenters. The Morgan fingerprint density at radius 1 is 0.879 bits per heavy atom. The summed E-state index contributed by atoms with van der Waals surface area (Å²) in [4.78, 5) is 52.6. The van der Waals surface area contributed by atoms with E-state index in [0.29, 0.717) is 5.82 Å². The van der Waals surface area contributed by atoms with Crippen molar-refractivity contribution in [1.29, 1.82) is 0 Å². The van der Waals surface area contributed by atoms with Crippen LogP contribution in [0.5, 0.6) is 0 Å². The second kappa shape index (κ2) is 14.5. The number of nitrogen functional groups attached to an aromatic ring is 1. The van der Waals surface area contributed by atoms with Gasteiger partial charge in [-0.15, -0.1) is 12.4 Å². The first-order chi connectivity index (χ1) is 15.1. The molecule has 2 amide bonds. The number of hydrogen-bond acceptors (Lipinski definition) is 9. The van der Waals surface area contributed by atoms with Crippen LogP contribution >= 0.6 is 12.4 Å². The lowest BCUT2D eigenvalue weighted by Crippen LogP contribution is -2.28. The molecule has 2 aromatic rings. The highest BCUT2D eigenvalue weighted by Crippen LogP contribution is 2.02. The average molecular weight is 488 g/mol. The number of aryl methyl sites for hydroxylation is 3. The molecule has 0 saturated heterocycles. The Morgan fingerprint density at radius 2 is 1.30 bits per heavy atom. The summed E-state index contributed by atoms with van der Waals surface area (Å²) in [5.41, 5.74) is 6.21. The van der Waals surface area contributed by atoms with E-state index < -0.39 is 0 Å². The molecule has 184 valence electrons. The minimum absolute atomic E-state index is 0. The Kier molecular flexibility index (Phi) is 12.9. The zero-order valence-electron chi connectivity index (χ0n) is 19.2. The Labute approximate surface area is 197 Å². The number of ether oxygens (including phenoxy) is 2. The topological polar surface area (TPSA) is 172 Å². The van der Waals surface area contributed by atoms with Gasteiger partial charge in [0.1, 0.15) is 5.82 Å². The largest absolute Gasteiger partial charge is 0.469 e. The second-order valence-electron chi connectivity index (χ2n) is 6.58. The quantitative estimate of drug-likeness (QED) is 0.424. The SMILES string of the molecule is COC(=O)CCNC(=O)c1nc(C)cn1C.COC(=O)CCNC(=O)c1nc(N)cn1C.Cl. The fourth-order valence-corrected chi connectivity index (χ4v) is 2.45. The van der Waals surface area contributed by atoms with Gasteiger partial charge >= 0.3 is 11.9 Å². The molecule has 0 spiro atoms. The Hall–Kier alpha value is -3.61. The van der Waals surface area contributed by atoms with Crippen LogP contribution in [0.25, 0.3) is 0 Å². The molecule has 2 aromatic heterocycles. The monoisotopic (exact) mass is 487 g/mol. The summed E-state index contributed by atoms with van der Waals surface area (Å²) < 4.78 is 12.0. The maximum Gasteiger partial charge on any atom is 0.307 e. The standard InChI is InChI=1S/C10H15N3O3.C9H14N4O3.ClH/c1-7-6-13(2)9(12-7)10(15)11-5-4-8(14)16-3;1-13-5-6(10)12-8(13)9(15)11-4-3-7(14)16-2;/h6H,4-5H2,1-3H3,(H,11,15);5H,3-4,10H2,1-2H3,(H,11,15);1H. The van der Waals surface area contributed by atoms with E-state index in [9.17, 15) is 19.2 Å². The van der Waals surface area contributed by atoms with E-state index in [1.54, 1.807) is 24.9 Å². The molecule has 2 heterocycles. The number of esters is 2. The van der Waals surface area contributed by atoms with Crippen molar-refractivity contribution >= 4 is 42.0 Å². The number of rotatable bonds is 8. The van der Waals surface area contributed by atoms with Crippen LogP contribution in [0.15, 0.2) is 12.4 Å². The minimum atomic E-state index is -0.375. The number of methoxy groups -OCH3 is 2. The van der Waals surface area contributed by atoms with Gasteiger partial charge in [-0.05, 0) is 6.92 Å². The molecule has 33 heavy (non-hydrogen) atoms. The third-order valence-corrected chi connectivity index (χ3v) is 3.98. The molecule has 0 saturated carbocycles. The van der Waals surface area contributed by atoms with Crippen LogP contribution in [-0.4, -0.2) is 70.2 Å². The van der Waals surface area contributed by atoms with Gasteiger partial charge in [0.05, 0.1) is 32.8 Å². The summed E-state index contributed by atoms with van der Waals surface area (Å²) >= 11 is 0. The second-order valence-corrected chi connectivity index (χ2v) is 6.58. The van der Waals surface area contributed by atoms with E-state index in [-0.39, 0.29) is 73.7 Å². The fourth-order valence-electron chi connectivity index (χ4n) is 2.45. The van der Waals surface area contributed by atoms with Gasteiger partial charge < -0.3 is 35.0 Å². The summed E-state index contributed by atoms with van der Waals surface area (Å²) in [7, 11) is 6.02. The predicted octanol–water partition coefficient (Wildman–Crippen LogP) is -0.262. The number of halogens is 1. The molecule has 0 atom stereocenters. The third-order valence-electron chi connectivity index (χ3n) is 3.98. The molecule has 14 heteroatoms. The van der Waals surface area contributed by atoms with Gasteiger partial charge in [-0.25, -0.2) is 9.97 Å². The Bertz CT molecular complexity index is 880. The highest BCUT2D eigenvalue weighted by atomic mass is 35.5. The fraction of sp³-hybridized carbons (Fsp3) is 0.474. The summed E-state index contributed by atoms with van der Waals surface area (Å²) in [6, 6.07) is 0. The zero-order valence-corrected chi connectivity index (χ0v) is 20.0. The number of aromatic nitrogens is 4. The smallest absolute Gasteiger partial charge is 0.307 e. The van der Waals surface area contributed by atoms with E-state index in [1.165, 1.54) is 25.0 Å². The van der Waals surface area contributed by atoms with Gasteiger partial charge in [0.15, 0.2) is 5.82 Å². The number of carbonyl (C=O) groups excluding carboxylic acids is 4. The van der Waals surface area contributed by atoms with Crippen molar-refractivity contribution in [3.8, 4) is 0 Å². The molecule has 0 fully saturated rings. The number of amides is 2. The van der Waals surface area contributed by atoms with Crippen LogP contribution in [0.4, 0.5) is 5.82 Å². The molecule has 0 aromatic carbocycles. The van der Waals surface area contributed by atoms with Gasteiger partial charge in [-0.1, -0.05) is 0 Å². The number of nitrogens with zero attached hydrogens (tertiary/aromatic N) is 4. The van der Waals surface area contributed by atoms with Crippen LogP contribution in [-0.2, 0) is 33.2 Å². The van der Waals surface area contributed by atoms with Crippen molar-refractivity contribution in [1.82, 2.24) is 29.7 Å². The lowest BCUT2D eigenvalue weighted by atomic mass is 10.4. The minimum Gasteiger partial charge on any atom is -0.469 e. The Morgan fingerprint density at radius 3 is 1.64 bits per heavy atom. The van der Waals surface area contributed by atoms with E-state index >= 15 is 0 Å². The van der Waals surface area contributed by atoms with Crippen molar-refractivity contribution < 1.29 is 28.7 Å². The lowest BCUT2D eigenvalue weighted by Gasteiger charge is -2.03. The maximum absolute atomic E-state index is 11.6. The van der Waals surface area contributed by atoms with Gasteiger partial charge in [0.25, 0.3) is 11.8 Å². The van der Waals surface area contributed by atoms with Crippen molar-refractivity contribution in [2.45, 2.75) is 19.8 Å². The molecule has 4 N–H and O–H groups in total. The summed E-state index contributed by atoms with van der Waals surface area (Å²) in [6.07, 6.45) is 3.58. The van der Waals surface area contributed by atoms with Crippen molar-refractivity contribution in [2.24, 2.45) is 14.1 Å². The molecule has 2 rings (SSSR count). The van der Waals surface area contributed by atoms with Crippen molar-refractivity contribution in [2.75, 3.05) is 33.0 Å². The number of anilines is 1. The van der Waals surface area contributed by atoms with Gasteiger partial charge in [-0.3, -0.25) is 19.2 Å². The van der Waals surface area contributed by atoms with Crippen LogP contribution < -0.4 is 16.4 Å². The number of hydrogen-bond donors (Lipinski definition) is 3. The van der Waals surface area contributed by atoms with Gasteiger partial charge in [0.2, 0.25) is 5.82 Å². The summed E-state index contributed by atoms with van der Waals surface area (Å²) in [6.45, 7) is 2.26. The first-order valence-corrected chi connectivity index (χ1v) is 9.57. The van der Waals surface area contributed by atoms with E-state index in [4.69, 9.17) is 5.73 Å². The van der Waals surface area contributed by atoms with E-state index in [0.717, 1.165) is 5.69 Å². The van der Waals surface area contributed by atoms with E-state index in [2.05, 4.69) is 30.1 Å². The maximum atomic E-state index is 11.6. The average Bonchev–Trinajstić information content (AvgIpc) is 3.27. The van der Waals surface area contributed by atoms with Crippen LogP contribution in [0.1, 0.15) is 39.8 Å². The molecule has 0 aliphatic rings. The Balaban J connectivity index is 0.000000602. The molecule has 0 bridgehead atoms.